The molecule has 128 valence electrons. The van der Waals surface area contributed by atoms with E-state index in [4.69, 9.17) is 4.74 Å². The Morgan fingerprint density at radius 2 is 1.74 bits per heavy atom. The standard InChI is InChI=1S/C17H25FN2O3/c1-16(2,3)23-15(22)20(7)17(4,11-21)13-9-8-12(18)10-14(13)19(5)6/h8-11H,1-7H3. The van der Waals surface area contributed by atoms with Crippen molar-refractivity contribution in [1.29, 1.82) is 0 Å². The first kappa shape index (κ1) is 18.9. The summed E-state index contributed by atoms with van der Waals surface area (Å²) in [4.78, 5) is 27.1. The molecule has 1 atom stereocenters. The molecule has 0 aliphatic carbocycles. The van der Waals surface area contributed by atoms with E-state index in [0.717, 1.165) is 0 Å². The number of ether oxygens (including phenoxy) is 1. The molecule has 0 aromatic heterocycles. The molecule has 0 saturated carbocycles. The zero-order valence-corrected chi connectivity index (χ0v) is 14.8. The highest BCUT2D eigenvalue weighted by molar-refractivity contribution is 5.80. The summed E-state index contributed by atoms with van der Waals surface area (Å²) in [5, 5.41) is 0. The Labute approximate surface area is 137 Å². The Bertz CT molecular complexity index is 596. The molecule has 0 spiro atoms. The predicted octanol–water partition coefficient (Wildman–Crippen LogP) is 3.17. The molecule has 5 nitrogen and oxygen atoms in total. The van der Waals surface area contributed by atoms with E-state index in [2.05, 4.69) is 0 Å². The Kier molecular flexibility index (Phi) is 5.40. The van der Waals surface area contributed by atoms with E-state index in [1.807, 2.05) is 0 Å². The molecule has 0 N–H and O–H groups in total. The van der Waals surface area contributed by atoms with Crippen molar-refractivity contribution >= 4 is 18.1 Å². The van der Waals surface area contributed by atoms with Gasteiger partial charge in [0, 0.05) is 32.4 Å². The maximum Gasteiger partial charge on any atom is 0.411 e. The third-order valence-electron chi connectivity index (χ3n) is 3.58. The van der Waals surface area contributed by atoms with Crippen molar-refractivity contribution in [3.63, 3.8) is 0 Å². The minimum Gasteiger partial charge on any atom is -0.444 e. The Morgan fingerprint density at radius 3 is 2.17 bits per heavy atom. The second-order valence-corrected chi connectivity index (χ2v) is 6.86. The molecule has 1 aromatic rings. The number of anilines is 1. The molecule has 6 heteroatoms. The van der Waals surface area contributed by atoms with Gasteiger partial charge in [0.05, 0.1) is 0 Å². The van der Waals surface area contributed by atoms with Crippen LogP contribution in [-0.2, 0) is 15.1 Å². The summed E-state index contributed by atoms with van der Waals surface area (Å²) in [6.45, 7) is 6.85. The summed E-state index contributed by atoms with van der Waals surface area (Å²) in [5.74, 6) is -0.411. The van der Waals surface area contributed by atoms with Crippen molar-refractivity contribution in [2.24, 2.45) is 0 Å². The van der Waals surface area contributed by atoms with Crippen molar-refractivity contribution in [2.45, 2.75) is 38.8 Å². The van der Waals surface area contributed by atoms with Gasteiger partial charge in [-0.15, -0.1) is 0 Å². The third kappa shape index (κ3) is 4.21. The lowest BCUT2D eigenvalue weighted by Crippen LogP contribution is -2.48. The van der Waals surface area contributed by atoms with E-state index >= 15 is 0 Å². The van der Waals surface area contributed by atoms with Crippen LogP contribution >= 0.6 is 0 Å². The van der Waals surface area contributed by atoms with Gasteiger partial charge in [-0.25, -0.2) is 9.18 Å². The van der Waals surface area contributed by atoms with Crippen molar-refractivity contribution in [2.75, 3.05) is 26.0 Å². The highest BCUT2D eigenvalue weighted by atomic mass is 19.1. The van der Waals surface area contributed by atoms with Crippen LogP contribution in [0.4, 0.5) is 14.9 Å². The molecule has 0 aliphatic heterocycles. The fourth-order valence-corrected chi connectivity index (χ4v) is 2.15. The normalized spacial score (nSPS) is 13.9. The zero-order chi connectivity index (χ0) is 18.0. The van der Waals surface area contributed by atoms with Gasteiger partial charge in [-0.1, -0.05) is 6.07 Å². The van der Waals surface area contributed by atoms with E-state index in [9.17, 15) is 14.0 Å². The Hall–Kier alpha value is -2.11. The number of likely N-dealkylation sites (N-methyl/N-ethyl adjacent to an activating group) is 1. The lowest BCUT2D eigenvalue weighted by atomic mass is 9.90. The minimum atomic E-state index is -1.28. The van der Waals surface area contributed by atoms with Crippen LogP contribution < -0.4 is 4.90 Å². The molecule has 0 saturated heterocycles. The summed E-state index contributed by atoms with van der Waals surface area (Å²) in [5.41, 5.74) is -0.917. The van der Waals surface area contributed by atoms with Gasteiger partial charge in [0.25, 0.3) is 0 Å². The molecule has 0 radical (unpaired) electrons. The highest BCUT2D eigenvalue weighted by Crippen LogP contribution is 2.34. The van der Waals surface area contributed by atoms with Crippen LogP contribution in [0.1, 0.15) is 33.3 Å². The maximum absolute atomic E-state index is 13.6. The summed E-state index contributed by atoms with van der Waals surface area (Å²) in [6.07, 6.45) is 0.0399. The predicted molar refractivity (Wildman–Crippen MR) is 88.1 cm³/mol. The van der Waals surface area contributed by atoms with Gasteiger partial charge < -0.3 is 14.4 Å². The van der Waals surface area contributed by atoms with Crippen LogP contribution in [0.5, 0.6) is 0 Å². The van der Waals surface area contributed by atoms with Crippen molar-refractivity contribution in [3.8, 4) is 0 Å². The van der Waals surface area contributed by atoms with Crippen LogP contribution in [-0.4, -0.2) is 44.0 Å². The first-order chi connectivity index (χ1) is 10.4. The molecule has 0 fully saturated rings. The van der Waals surface area contributed by atoms with Crippen LogP contribution in [0.3, 0.4) is 0 Å². The second-order valence-electron chi connectivity index (χ2n) is 6.86. The highest BCUT2D eigenvalue weighted by Gasteiger charge is 2.38. The fourth-order valence-electron chi connectivity index (χ4n) is 2.15. The van der Waals surface area contributed by atoms with Gasteiger partial charge in [0.1, 0.15) is 23.2 Å². The van der Waals surface area contributed by atoms with Gasteiger partial charge in [-0.3, -0.25) is 4.90 Å². The molecule has 0 aliphatic rings. The number of amides is 1. The topological polar surface area (TPSA) is 49.9 Å². The average molecular weight is 324 g/mol. The van der Waals surface area contributed by atoms with Crippen LogP contribution in [0.25, 0.3) is 0 Å². The van der Waals surface area contributed by atoms with E-state index in [1.165, 1.54) is 30.1 Å². The van der Waals surface area contributed by atoms with Gasteiger partial charge in [-0.2, -0.15) is 0 Å². The van der Waals surface area contributed by atoms with Crippen LogP contribution in [0.2, 0.25) is 0 Å². The smallest absolute Gasteiger partial charge is 0.411 e. The quantitative estimate of drug-likeness (QED) is 0.798. The summed E-state index contributed by atoms with van der Waals surface area (Å²) in [6, 6.07) is 4.12. The zero-order valence-electron chi connectivity index (χ0n) is 14.8. The van der Waals surface area contributed by atoms with Crippen molar-refractivity contribution in [3.05, 3.63) is 29.6 Å². The second kappa shape index (κ2) is 6.56. The molecular weight excluding hydrogens is 299 g/mol. The molecular formula is C17H25FN2O3. The van der Waals surface area contributed by atoms with E-state index in [0.29, 0.717) is 17.5 Å². The number of hydrogen-bond acceptors (Lipinski definition) is 4. The van der Waals surface area contributed by atoms with E-state index in [-0.39, 0.29) is 0 Å². The minimum absolute atomic E-state index is 0.411. The largest absolute Gasteiger partial charge is 0.444 e. The summed E-state index contributed by atoms with van der Waals surface area (Å²) >= 11 is 0. The van der Waals surface area contributed by atoms with Gasteiger partial charge in [0.2, 0.25) is 0 Å². The third-order valence-corrected chi connectivity index (χ3v) is 3.58. The van der Waals surface area contributed by atoms with Gasteiger partial charge in [-0.05, 0) is 39.8 Å². The number of rotatable bonds is 4. The maximum atomic E-state index is 13.6. The lowest BCUT2D eigenvalue weighted by Gasteiger charge is -2.37. The molecule has 1 amide bonds. The number of nitrogens with zero attached hydrogens (tertiary/aromatic N) is 2. The van der Waals surface area contributed by atoms with E-state index < -0.39 is 23.1 Å². The number of halogens is 1. The van der Waals surface area contributed by atoms with Gasteiger partial charge >= 0.3 is 6.09 Å². The number of carbonyl (C=O) groups excluding carboxylic acids is 2. The molecule has 0 bridgehead atoms. The SMILES string of the molecule is CN(C)c1cc(F)ccc1C(C)(C=O)N(C)C(=O)OC(C)(C)C. The first-order valence-electron chi connectivity index (χ1n) is 7.33. The molecule has 1 unspecified atom stereocenters. The van der Waals surface area contributed by atoms with Crippen LogP contribution in [0.15, 0.2) is 18.2 Å². The average Bonchev–Trinajstić information content (AvgIpc) is 2.43. The lowest BCUT2D eigenvalue weighted by molar-refractivity contribution is -0.117. The molecule has 0 heterocycles. The first-order valence-corrected chi connectivity index (χ1v) is 7.33. The van der Waals surface area contributed by atoms with Gasteiger partial charge in [0.15, 0.2) is 0 Å². The van der Waals surface area contributed by atoms with Crippen molar-refractivity contribution in [1.82, 2.24) is 4.90 Å². The Morgan fingerprint density at radius 1 is 1.17 bits per heavy atom. The number of benzene rings is 1. The molecule has 1 rings (SSSR count). The fraction of sp³-hybridized carbons (Fsp3) is 0.529. The summed E-state index contributed by atoms with van der Waals surface area (Å²) < 4.78 is 18.9. The number of carbonyl (C=O) groups is 2. The number of hydrogen-bond donors (Lipinski definition) is 0. The number of aldehydes is 1. The van der Waals surface area contributed by atoms with E-state index in [1.54, 1.807) is 46.7 Å². The Balaban J connectivity index is 3.35. The molecule has 23 heavy (non-hydrogen) atoms. The molecule has 1 aromatic carbocycles. The van der Waals surface area contributed by atoms with Crippen molar-refractivity contribution < 1.29 is 18.7 Å². The monoisotopic (exact) mass is 324 g/mol. The van der Waals surface area contributed by atoms with Crippen LogP contribution in [0, 0.1) is 5.82 Å². The summed E-state index contributed by atoms with van der Waals surface area (Å²) in [7, 11) is 4.99.